The van der Waals surface area contributed by atoms with E-state index in [4.69, 9.17) is 4.74 Å². The minimum Gasteiger partial charge on any atom is -0.384 e. The summed E-state index contributed by atoms with van der Waals surface area (Å²) in [4.78, 5) is 8.50. The molecule has 0 spiro atoms. The lowest BCUT2D eigenvalue weighted by Crippen LogP contribution is -2.11. The first-order valence-electron chi connectivity index (χ1n) is 3.72. The summed E-state index contributed by atoms with van der Waals surface area (Å²) in [7, 11) is 1.68. The molecule has 4 heteroatoms. The zero-order valence-corrected chi connectivity index (χ0v) is 8.49. The van der Waals surface area contributed by atoms with Crippen LogP contribution in [0.15, 0.2) is 18.5 Å². The average Bonchev–Trinajstić information content (AvgIpc) is 2.06. The standard InChI is InChI=1S/C8H11BrN2O/c1-12-6-7(9)5-8-10-3-2-4-11-8/h2-4,7H,5-6H2,1H3. The van der Waals surface area contributed by atoms with Crippen LogP contribution in [0.25, 0.3) is 0 Å². The molecule has 0 bridgehead atoms. The maximum absolute atomic E-state index is 4.97. The largest absolute Gasteiger partial charge is 0.384 e. The lowest BCUT2D eigenvalue weighted by Gasteiger charge is -2.05. The van der Waals surface area contributed by atoms with Gasteiger partial charge in [0.15, 0.2) is 0 Å². The van der Waals surface area contributed by atoms with Gasteiger partial charge in [0.2, 0.25) is 0 Å². The van der Waals surface area contributed by atoms with Crippen LogP contribution in [0.4, 0.5) is 0 Å². The van der Waals surface area contributed by atoms with Gasteiger partial charge < -0.3 is 4.74 Å². The number of methoxy groups -OCH3 is 1. The maximum atomic E-state index is 4.97. The molecular formula is C8H11BrN2O. The van der Waals surface area contributed by atoms with Crippen LogP contribution in [-0.4, -0.2) is 28.5 Å². The molecule has 1 aromatic rings. The zero-order valence-electron chi connectivity index (χ0n) is 6.90. The number of nitrogens with zero attached hydrogens (tertiary/aromatic N) is 2. The van der Waals surface area contributed by atoms with Crippen LogP contribution >= 0.6 is 15.9 Å². The van der Waals surface area contributed by atoms with Crippen molar-refractivity contribution in [3.05, 3.63) is 24.3 Å². The molecule has 1 unspecified atom stereocenters. The van der Waals surface area contributed by atoms with Gasteiger partial charge >= 0.3 is 0 Å². The molecule has 1 atom stereocenters. The highest BCUT2D eigenvalue weighted by Gasteiger charge is 2.05. The summed E-state index contributed by atoms with van der Waals surface area (Å²) in [6, 6.07) is 1.81. The first-order chi connectivity index (χ1) is 5.83. The molecule has 3 nitrogen and oxygen atoms in total. The van der Waals surface area contributed by atoms with Gasteiger partial charge in [-0.05, 0) is 6.07 Å². The molecule has 0 aromatic carbocycles. The van der Waals surface area contributed by atoms with E-state index in [9.17, 15) is 0 Å². The monoisotopic (exact) mass is 230 g/mol. The minimum absolute atomic E-state index is 0.296. The Balaban J connectivity index is 2.41. The van der Waals surface area contributed by atoms with Gasteiger partial charge in [-0.15, -0.1) is 0 Å². The summed E-state index contributed by atoms with van der Waals surface area (Å²) in [5.74, 6) is 0.844. The molecular weight excluding hydrogens is 220 g/mol. The predicted molar refractivity (Wildman–Crippen MR) is 50.3 cm³/mol. The lowest BCUT2D eigenvalue weighted by molar-refractivity contribution is 0.200. The quantitative estimate of drug-likeness (QED) is 0.735. The van der Waals surface area contributed by atoms with Gasteiger partial charge in [-0.3, -0.25) is 0 Å². The Morgan fingerprint density at radius 2 is 2.17 bits per heavy atom. The smallest absolute Gasteiger partial charge is 0.129 e. The molecule has 0 aliphatic carbocycles. The second-order valence-corrected chi connectivity index (χ2v) is 3.72. The summed E-state index contributed by atoms with van der Waals surface area (Å²) in [5.41, 5.74) is 0. The maximum Gasteiger partial charge on any atom is 0.129 e. The second kappa shape index (κ2) is 5.22. The van der Waals surface area contributed by atoms with Crippen molar-refractivity contribution in [2.45, 2.75) is 11.2 Å². The van der Waals surface area contributed by atoms with Crippen molar-refractivity contribution >= 4 is 15.9 Å². The Kier molecular flexibility index (Phi) is 4.18. The van der Waals surface area contributed by atoms with Crippen molar-refractivity contribution in [2.24, 2.45) is 0 Å². The van der Waals surface area contributed by atoms with E-state index in [1.54, 1.807) is 19.5 Å². The Morgan fingerprint density at radius 1 is 1.50 bits per heavy atom. The molecule has 0 fully saturated rings. The van der Waals surface area contributed by atoms with Gasteiger partial charge in [0.25, 0.3) is 0 Å². The van der Waals surface area contributed by atoms with E-state index in [0.29, 0.717) is 11.4 Å². The molecule has 0 aliphatic heterocycles. The van der Waals surface area contributed by atoms with Crippen LogP contribution in [0, 0.1) is 0 Å². The van der Waals surface area contributed by atoms with Crippen LogP contribution in [0.1, 0.15) is 5.82 Å². The summed E-state index contributed by atoms with van der Waals surface area (Å²) < 4.78 is 4.97. The normalized spacial score (nSPS) is 12.8. The van der Waals surface area contributed by atoms with Crippen molar-refractivity contribution < 1.29 is 4.74 Å². The van der Waals surface area contributed by atoms with Crippen LogP contribution in [0.2, 0.25) is 0 Å². The molecule has 12 heavy (non-hydrogen) atoms. The third-order valence-electron chi connectivity index (χ3n) is 1.37. The highest BCUT2D eigenvalue weighted by Crippen LogP contribution is 2.05. The predicted octanol–water partition coefficient (Wildman–Crippen LogP) is 1.43. The second-order valence-electron chi connectivity index (χ2n) is 2.42. The van der Waals surface area contributed by atoms with E-state index in [2.05, 4.69) is 25.9 Å². The molecule has 1 rings (SSSR count). The number of hydrogen-bond acceptors (Lipinski definition) is 3. The van der Waals surface area contributed by atoms with Gasteiger partial charge in [0.05, 0.1) is 6.61 Å². The zero-order chi connectivity index (χ0) is 8.81. The number of halogens is 1. The molecule has 0 saturated heterocycles. The van der Waals surface area contributed by atoms with Crippen LogP contribution < -0.4 is 0 Å². The molecule has 0 amide bonds. The topological polar surface area (TPSA) is 35.0 Å². The summed E-state index contributed by atoms with van der Waals surface area (Å²) in [5, 5.41) is 0. The van der Waals surface area contributed by atoms with Crippen LogP contribution in [0.5, 0.6) is 0 Å². The summed E-state index contributed by atoms with van der Waals surface area (Å²) >= 11 is 3.47. The fourth-order valence-electron chi connectivity index (χ4n) is 0.873. The number of alkyl halides is 1. The fourth-order valence-corrected chi connectivity index (χ4v) is 1.43. The number of ether oxygens (including phenoxy) is 1. The highest BCUT2D eigenvalue weighted by molar-refractivity contribution is 9.09. The first kappa shape index (κ1) is 9.61. The van der Waals surface area contributed by atoms with E-state index < -0.39 is 0 Å². The molecule has 0 radical (unpaired) electrons. The van der Waals surface area contributed by atoms with E-state index in [0.717, 1.165) is 12.2 Å². The van der Waals surface area contributed by atoms with E-state index >= 15 is 0 Å². The summed E-state index contributed by atoms with van der Waals surface area (Å²) in [6.07, 6.45) is 4.29. The minimum atomic E-state index is 0.296. The average molecular weight is 231 g/mol. The highest BCUT2D eigenvalue weighted by atomic mass is 79.9. The Hall–Kier alpha value is -0.480. The Labute approximate surface area is 80.3 Å². The van der Waals surface area contributed by atoms with Gasteiger partial charge in [0.1, 0.15) is 5.82 Å². The molecule has 0 saturated carbocycles. The molecule has 0 N–H and O–H groups in total. The number of rotatable bonds is 4. The van der Waals surface area contributed by atoms with Gasteiger partial charge in [-0.25, -0.2) is 9.97 Å². The van der Waals surface area contributed by atoms with Crippen LogP contribution in [-0.2, 0) is 11.2 Å². The van der Waals surface area contributed by atoms with Crippen molar-refractivity contribution in [1.82, 2.24) is 9.97 Å². The third kappa shape index (κ3) is 3.28. The van der Waals surface area contributed by atoms with Crippen molar-refractivity contribution in [2.75, 3.05) is 13.7 Å². The lowest BCUT2D eigenvalue weighted by atomic mass is 10.3. The first-order valence-corrected chi connectivity index (χ1v) is 4.63. The number of aromatic nitrogens is 2. The van der Waals surface area contributed by atoms with Crippen molar-refractivity contribution in [1.29, 1.82) is 0 Å². The Morgan fingerprint density at radius 3 is 2.75 bits per heavy atom. The molecule has 1 heterocycles. The SMILES string of the molecule is COCC(Br)Cc1ncccn1. The van der Waals surface area contributed by atoms with Crippen molar-refractivity contribution in [3.8, 4) is 0 Å². The third-order valence-corrected chi connectivity index (χ3v) is 1.96. The molecule has 0 aliphatic rings. The molecule has 66 valence electrons. The fraction of sp³-hybridized carbons (Fsp3) is 0.500. The van der Waals surface area contributed by atoms with E-state index in [1.807, 2.05) is 6.07 Å². The van der Waals surface area contributed by atoms with Crippen molar-refractivity contribution in [3.63, 3.8) is 0 Å². The number of hydrogen-bond donors (Lipinski definition) is 0. The molecule has 1 aromatic heterocycles. The summed E-state index contributed by atoms with van der Waals surface area (Å²) in [6.45, 7) is 0.679. The van der Waals surface area contributed by atoms with Gasteiger partial charge in [0, 0.05) is 30.8 Å². The Bertz CT molecular complexity index is 218. The van der Waals surface area contributed by atoms with E-state index in [1.165, 1.54) is 0 Å². The van der Waals surface area contributed by atoms with Crippen LogP contribution in [0.3, 0.4) is 0 Å². The van der Waals surface area contributed by atoms with E-state index in [-0.39, 0.29) is 0 Å². The van der Waals surface area contributed by atoms with Gasteiger partial charge in [-0.1, -0.05) is 15.9 Å². The van der Waals surface area contributed by atoms with Gasteiger partial charge in [-0.2, -0.15) is 0 Å².